The van der Waals surface area contributed by atoms with Crippen molar-refractivity contribution < 1.29 is 14.3 Å². The van der Waals surface area contributed by atoms with Crippen LogP contribution in [0, 0.1) is 5.41 Å². The highest BCUT2D eigenvalue weighted by Gasteiger charge is 2.32. The highest BCUT2D eigenvalue weighted by atomic mass is 16.5. The number of carbonyl (C=O) groups excluding carboxylic acids is 1. The highest BCUT2D eigenvalue weighted by molar-refractivity contribution is 5.88. The van der Waals surface area contributed by atoms with Crippen LogP contribution in [0.15, 0.2) is 12.2 Å². The molecule has 4 nitrogen and oxygen atoms in total. The van der Waals surface area contributed by atoms with Gasteiger partial charge in [0.2, 0.25) is 0 Å². The fraction of sp³-hybridized carbons (Fsp3) is 0.727. The molecular formula is C11H19NO3. The molecule has 1 rings (SSSR count). The molecule has 1 saturated heterocycles. The maximum absolute atomic E-state index is 11.2. The lowest BCUT2D eigenvalue weighted by Crippen LogP contribution is -2.47. The third-order valence-corrected chi connectivity index (χ3v) is 2.36. The van der Waals surface area contributed by atoms with Crippen molar-refractivity contribution in [1.82, 2.24) is 5.32 Å². The van der Waals surface area contributed by atoms with E-state index in [0.29, 0.717) is 18.7 Å². The molecule has 1 heterocycles. The van der Waals surface area contributed by atoms with Crippen LogP contribution in [0.4, 0.5) is 0 Å². The topological polar surface area (TPSA) is 47.6 Å². The first-order chi connectivity index (χ1) is 7.07. The van der Waals surface area contributed by atoms with E-state index in [1.54, 1.807) is 6.92 Å². The molecule has 0 aromatic carbocycles. The fourth-order valence-electron chi connectivity index (χ4n) is 1.37. The third kappa shape index (κ3) is 3.64. The number of esters is 1. The van der Waals surface area contributed by atoms with Crippen molar-refractivity contribution in [1.29, 1.82) is 0 Å². The first kappa shape index (κ1) is 12.2. The smallest absolute Gasteiger partial charge is 0.334 e. The average Bonchev–Trinajstić information content (AvgIpc) is 2.15. The van der Waals surface area contributed by atoms with Gasteiger partial charge in [-0.1, -0.05) is 13.5 Å². The van der Waals surface area contributed by atoms with E-state index in [2.05, 4.69) is 18.8 Å². The quantitative estimate of drug-likeness (QED) is 0.522. The summed E-state index contributed by atoms with van der Waals surface area (Å²) in [5.74, 6) is -0.319. The van der Waals surface area contributed by atoms with Crippen LogP contribution in [0.25, 0.3) is 0 Å². The molecular weight excluding hydrogens is 194 g/mol. The van der Waals surface area contributed by atoms with Gasteiger partial charge >= 0.3 is 5.97 Å². The van der Waals surface area contributed by atoms with Gasteiger partial charge in [-0.3, -0.25) is 0 Å². The van der Waals surface area contributed by atoms with Crippen LogP contribution in [0.2, 0.25) is 0 Å². The zero-order valence-electron chi connectivity index (χ0n) is 9.47. The molecule has 0 bridgehead atoms. The molecule has 0 spiro atoms. The SMILES string of the molecule is C=C(CNCC1(C)COC1)C(=O)OCC. The van der Waals surface area contributed by atoms with Crippen molar-refractivity contribution >= 4 is 5.97 Å². The summed E-state index contributed by atoms with van der Waals surface area (Å²) < 4.78 is 9.95. The molecule has 0 aromatic heterocycles. The van der Waals surface area contributed by atoms with Crippen molar-refractivity contribution in [3.63, 3.8) is 0 Å². The van der Waals surface area contributed by atoms with Crippen LogP contribution in [-0.2, 0) is 14.3 Å². The van der Waals surface area contributed by atoms with E-state index in [9.17, 15) is 4.79 Å². The molecule has 0 aliphatic carbocycles. The van der Waals surface area contributed by atoms with E-state index in [0.717, 1.165) is 19.8 Å². The van der Waals surface area contributed by atoms with E-state index >= 15 is 0 Å². The van der Waals surface area contributed by atoms with E-state index in [1.807, 2.05) is 0 Å². The Morgan fingerprint density at radius 3 is 2.73 bits per heavy atom. The standard InChI is InChI=1S/C11H19NO3/c1-4-15-10(13)9(2)5-12-6-11(3)7-14-8-11/h12H,2,4-8H2,1,3H3. The minimum atomic E-state index is -0.319. The molecule has 1 aliphatic rings. The molecule has 0 radical (unpaired) electrons. The summed E-state index contributed by atoms with van der Waals surface area (Å²) in [6, 6.07) is 0. The second kappa shape index (κ2) is 5.28. The normalized spacial score (nSPS) is 18.0. The maximum atomic E-state index is 11.2. The number of nitrogens with one attached hydrogen (secondary N) is 1. The monoisotopic (exact) mass is 213 g/mol. The molecule has 1 fully saturated rings. The molecule has 0 unspecified atom stereocenters. The van der Waals surface area contributed by atoms with Crippen LogP contribution in [0.3, 0.4) is 0 Å². The Balaban J connectivity index is 2.14. The number of ether oxygens (including phenoxy) is 2. The molecule has 0 atom stereocenters. The van der Waals surface area contributed by atoms with Gasteiger partial charge in [0, 0.05) is 24.1 Å². The van der Waals surface area contributed by atoms with Gasteiger partial charge in [-0.25, -0.2) is 4.79 Å². The molecule has 0 aromatic rings. The molecule has 0 saturated carbocycles. The van der Waals surface area contributed by atoms with E-state index in [4.69, 9.17) is 9.47 Å². The lowest BCUT2D eigenvalue weighted by molar-refractivity contribution is -0.138. The second-order valence-electron chi connectivity index (χ2n) is 4.23. The minimum absolute atomic E-state index is 0.217. The van der Waals surface area contributed by atoms with E-state index in [-0.39, 0.29) is 11.4 Å². The van der Waals surface area contributed by atoms with E-state index in [1.165, 1.54) is 0 Å². The van der Waals surface area contributed by atoms with Gasteiger partial charge in [-0.15, -0.1) is 0 Å². The Morgan fingerprint density at radius 1 is 1.60 bits per heavy atom. The van der Waals surface area contributed by atoms with Crippen molar-refractivity contribution in [3.05, 3.63) is 12.2 Å². The number of hydrogen-bond acceptors (Lipinski definition) is 4. The van der Waals surface area contributed by atoms with Crippen LogP contribution in [0.1, 0.15) is 13.8 Å². The largest absolute Gasteiger partial charge is 0.463 e. The first-order valence-corrected chi connectivity index (χ1v) is 5.21. The zero-order valence-corrected chi connectivity index (χ0v) is 9.47. The lowest BCUT2D eigenvalue weighted by Gasteiger charge is -2.38. The van der Waals surface area contributed by atoms with E-state index < -0.39 is 0 Å². The summed E-state index contributed by atoms with van der Waals surface area (Å²) >= 11 is 0. The Hall–Kier alpha value is -0.870. The summed E-state index contributed by atoms with van der Waals surface area (Å²) in [6.07, 6.45) is 0. The summed E-state index contributed by atoms with van der Waals surface area (Å²) in [5, 5.41) is 3.19. The third-order valence-electron chi connectivity index (χ3n) is 2.36. The lowest BCUT2D eigenvalue weighted by atomic mass is 9.89. The average molecular weight is 213 g/mol. The Labute approximate surface area is 90.6 Å². The van der Waals surface area contributed by atoms with Gasteiger partial charge in [0.1, 0.15) is 0 Å². The molecule has 0 amide bonds. The zero-order chi connectivity index (χ0) is 11.3. The maximum Gasteiger partial charge on any atom is 0.334 e. The van der Waals surface area contributed by atoms with Crippen molar-refractivity contribution in [2.24, 2.45) is 5.41 Å². The predicted molar refractivity (Wildman–Crippen MR) is 57.6 cm³/mol. The number of rotatable bonds is 6. The van der Waals surface area contributed by atoms with Gasteiger partial charge < -0.3 is 14.8 Å². The van der Waals surface area contributed by atoms with Gasteiger partial charge in [-0.05, 0) is 6.92 Å². The van der Waals surface area contributed by atoms with Crippen molar-refractivity contribution in [3.8, 4) is 0 Å². The molecule has 86 valence electrons. The summed E-state index contributed by atoms with van der Waals surface area (Å²) in [4.78, 5) is 11.2. The van der Waals surface area contributed by atoms with Gasteiger partial charge in [0.25, 0.3) is 0 Å². The summed E-state index contributed by atoms with van der Waals surface area (Å²) in [7, 11) is 0. The van der Waals surface area contributed by atoms with Crippen LogP contribution >= 0.6 is 0 Å². The van der Waals surface area contributed by atoms with Crippen LogP contribution < -0.4 is 5.32 Å². The minimum Gasteiger partial charge on any atom is -0.463 e. The van der Waals surface area contributed by atoms with Gasteiger partial charge in [0.05, 0.1) is 19.8 Å². The van der Waals surface area contributed by atoms with Crippen LogP contribution in [0.5, 0.6) is 0 Å². The molecule has 1 aliphatic heterocycles. The molecule has 4 heteroatoms. The summed E-state index contributed by atoms with van der Waals surface area (Å²) in [5.41, 5.74) is 0.690. The Morgan fingerprint density at radius 2 is 2.27 bits per heavy atom. The number of carbonyl (C=O) groups is 1. The molecule has 15 heavy (non-hydrogen) atoms. The fourth-order valence-corrected chi connectivity index (χ4v) is 1.37. The number of hydrogen-bond donors (Lipinski definition) is 1. The van der Waals surface area contributed by atoms with Crippen LogP contribution in [-0.4, -0.2) is 38.9 Å². The molecule has 1 N–H and O–H groups in total. The Bertz CT molecular complexity index is 246. The second-order valence-corrected chi connectivity index (χ2v) is 4.23. The first-order valence-electron chi connectivity index (χ1n) is 5.21. The highest BCUT2D eigenvalue weighted by Crippen LogP contribution is 2.24. The van der Waals surface area contributed by atoms with Gasteiger partial charge in [-0.2, -0.15) is 0 Å². The Kier molecular flexibility index (Phi) is 4.29. The van der Waals surface area contributed by atoms with Crippen molar-refractivity contribution in [2.45, 2.75) is 13.8 Å². The van der Waals surface area contributed by atoms with Crippen molar-refractivity contribution in [2.75, 3.05) is 32.9 Å². The summed E-state index contributed by atoms with van der Waals surface area (Å²) in [6.45, 7) is 10.9. The predicted octanol–water partition coefficient (Wildman–Crippen LogP) is 0.732. The van der Waals surface area contributed by atoms with Gasteiger partial charge in [0.15, 0.2) is 0 Å².